The summed E-state index contributed by atoms with van der Waals surface area (Å²) in [5.41, 5.74) is 4.89. The molecule has 0 atom stereocenters. The van der Waals surface area contributed by atoms with Gasteiger partial charge in [0.05, 0.1) is 24.4 Å². The fraction of sp³-hybridized carbons (Fsp3) is 0.294. The van der Waals surface area contributed by atoms with Crippen LogP contribution in [0.4, 0.5) is 0 Å². The van der Waals surface area contributed by atoms with Crippen molar-refractivity contribution in [2.45, 2.75) is 33.2 Å². The average molecular weight is 298 g/mol. The van der Waals surface area contributed by atoms with Gasteiger partial charge in [-0.15, -0.1) is 0 Å². The lowest BCUT2D eigenvalue weighted by molar-refractivity contribution is 0.212. The predicted octanol–water partition coefficient (Wildman–Crippen LogP) is 2.92. The summed E-state index contributed by atoms with van der Waals surface area (Å²) in [6.45, 7) is 6.25. The number of rotatable bonds is 6. The van der Waals surface area contributed by atoms with E-state index in [1.165, 1.54) is 16.7 Å². The molecule has 0 aliphatic heterocycles. The summed E-state index contributed by atoms with van der Waals surface area (Å²) in [6, 6.07) is 4.56. The lowest BCUT2D eigenvalue weighted by Gasteiger charge is -2.21. The Bertz CT molecular complexity index is 588. The van der Waals surface area contributed by atoms with Gasteiger partial charge in [-0.1, -0.05) is 31.4 Å². The topological polar surface area (TPSA) is 27.7 Å². The van der Waals surface area contributed by atoms with Crippen molar-refractivity contribution in [1.82, 2.24) is 0 Å². The van der Waals surface area contributed by atoms with Crippen molar-refractivity contribution in [3.05, 3.63) is 34.4 Å². The van der Waals surface area contributed by atoms with Crippen LogP contribution in [-0.2, 0) is 19.7 Å². The second kappa shape index (κ2) is 7.34. The van der Waals surface area contributed by atoms with Gasteiger partial charge in [0.15, 0.2) is 0 Å². The molecule has 4 heteroatoms. The number of benzene rings is 1. The van der Waals surface area contributed by atoms with E-state index < -0.39 is 8.80 Å². The van der Waals surface area contributed by atoms with Crippen molar-refractivity contribution in [2.24, 2.45) is 0 Å². The van der Waals surface area contributed by atoms with Gasteiger partial charge >= 0.3 is 8.80 Å². The molecule has 0 N–H and O–H groups in total. The molecule has 0 heterocycles. The highest BCUT2D eigenvalue weighted by molar-refractivity contribution is 6.61. The van der Waals surface area contributed by atoms with E-state index in [-0.39, 0.29) is 0 Å². The number of hydrogen-bond donors (Lipinski definition) is 0. The second-order valence-electron chi connectivity index (χ2n) is 4.63. The van der Waals surface area contributed by atoms with E-state index in [2.05, 4.69) is 51.2 Å². The monoisotopic (exact) mass is 298 g/mol. The zero-order valence-electron chi connectivity index (χ0n) is 12.5. The maximum atomic E-state index is 5.18. The molecular formula is C17H18O3Si. The summed E-state index contributed by atoms with van der Waals surface area (Å²) in [5.74, 6) is 0. The van der Waals surface area contributed by atoms with Crippen LogP contribution in [0.15, 0.2) is 12.1 Å². The first-order valence-corrected chi connectivity index (χ1v) is 8.39. The van der Waals surface area contributed by atoms with Crippen molar-refractivity contribution < 1.29 is 13.3 Å². The normalized spacial score (nSPS) is 9.90. The van der Waals surface area contributed by atoms with Crippen LogP contribution in [0.1, 0.15) is 22.3 Å². The third-order valence-corrected chi connectivity index (χ3v) is 5.66. The molecule has 1 aromatic carbocycles. The van der Waals surface area contributed by atoms with Crippen LogP contribution in [0.25, 0.3) is 0 Å². The highest BCUT2D eigenvalue weighted by Gasteiger charge is 2.48. The standard InChI is InChI=1S/C17H18O3Si/c1-7-18-21(19-8-2,20-9-3)13-12-17-11-10-14(4)15(5)16(17)6/h1-3,10-11H,12-13H2,4-6H3. The minimum absolute atomic E-state index is 0.412. The molecule has 0 aromatic heterocycles. The van der Waals surface area contributed by atoms with E-state index >= 15 is 0 Å². The van der Waals surface area contributed by atoms with Crippen molar-refractivity contribution in [2.75, 3.05) is 0 Å². The van der Waals surface area contributed by atoms with E-state index in [4.69, 9.17) is 32.5 Å². The highest BCUT2D eigenvalue weighted by atomic mass is 28.4. The Balaban J connectivity index is 2.97. The average Bonchev–Trinajstić information content (AvgIpc) is 2.45. The Morgan fingerprint density at radius 3 is 1.90 bits per heavy atom. The van der Waals surface area contributed by atoms with Crippen LogP contribution >= 0.6 is 0 Å². The summed E-state index contributed by atoms with van der Waals surface area (Å²) in [5, 5.41) is 0. The van der Waals surface area contributed by atoms with Crippen molar-refractivity contribution in [3.63, 3.8) is 0 Å². The predicted molar refractivity (Wildman–Crippen MR) is 84.7 cm³/mol. The molecule has 108 valence electrons. The quantitative estimate of drug-likeness (QED) is 0.597. The Morgan fingerprint density at radius 1 is 0.905 bits per heavy atom. The van der Waals surface area contributed by atoms with Gasteiger partial charge < -0.3 is 13.3 Å². The molecule has 0 saturated carbocycles. The molecule has 3 nitrogen and oxygen atoms in total. The number of terminal acetylenes is 3. The first-order chi connectivity index (χ1) is 9.99. The Kier molecular flexibility index (Phi) is 5.79. The third kappa shape index (κ3) is 3.99. The molecule has 0 saturated heterocycles. The van der Waals surface area contributed by atoms with E-state index in [0.29, 0.717) is 12.5 Å². The summed E-state index contributed by atoms with van der Waals surface area (Å²) < 4.78 is 15.5. The Morgan fingerprint density at radius 2 is 1.43 bits per heavy atom. The number of hydrogen-bond acceptors (Lipinski definition) is 3. The van der Waals surface area contributed by atoms with Crippen LogP contribution in [0.3, 0.4) is 0 Å². The molecule has 0 aliphatic rings. The van der Waals surface area contributed by atoms with Crippen LogP contribution in [0.2, 0.25) is 6.04 Å². The zero-order valence-corrected chi connectivity index (χ0v) is 13.5. The van der Waals surface area contributed by atoms with E-state index in [0.717, 1.165) is 5.56 Å². The van der Waals surface area contributed by atoms with Gasteiger partial charge in [0.2, 0.25) is 0 Å². The molecule has 0 bridgehead atoms. The van der Waals surface area contributed by atoms with Crippen molar-refractivity contribution in [3.8, 4) is 37.6 Å². The molecule has 0 fully saturated rings. The molecule has 21 heavy (non-hydrogen) atoms. The summed E-state index contributed by atoms with van der Waals surface area (Å²) in [7, 11) is -3.24. The van der Waals surface area contributed by atoms with Gasteiger partial charge in [-0.25, -0.2) is 0 Å². The van der Waals surface area contributed by atoms with Gasteiger partial charge in [0, 0.05) is 0 Å². The highest BCUT2D eigenvalue weighted by Crippen LogP contribution is 2.23. The SMILES string of the molecule is C#CO[Si](CCc1ccc(C)c(C)c1C)(OC#C)OC#C. The van der Waals surface area contributed by atoms with Crippen molar-refractivity contribution >= 4 is 8.80 Å². The molecule has 0 aliphatic carbocycles. The van der Waals surface area contributed by atoms with Crippen molar-refractivity contribution in [1.29, 1.82) is 0 Å². The molecule has 0 amide bonds. The lowest BCUT2D eigenvalue weighted by Crippen LogP contribution is -2.42. The molecule has 0 spiro atoms. The van der Waals surface area contributed by atoms with Gasteiger partial charge in [0.1, 0.15) is 0 Å². The van der Waals surface area contributed by atoms with E-state index in [1.54, 1.807) is 0 Å². The maximum Gasteiger partial charge on any atom is 0.725 e. The van der Waals surface area contributed by atoms with Crippen LogP contribution in [0, 0.1) is 58.4 Å². The first-order valence-electron chi connectivity index (χ1n) is 6.46. The smallest absolute Gasteiger partial charge is 0.432 e. The Hall–Kier alpha value is -2.48. The Labute approximate surface area is 128 Å². The van der Waals surface area contributed by atoms with Gasteiger partial charge in [-0.05, 0) is 49.4 Å². The second-order valence-corrected chi connectivity index (χ2v) is 7.11. The molecule has 0 unspecified atom stereocenters. The van der Waals surface area contributed by atoms with E-state index in [9.17, 15) is 0 Å². The molecular weight excluding hydrogens is 280 g/mol. The van der Waals surface area contributed by atoms with Crippen LogP contribution in [0.5, 0.6) is 0 Å². The third-order valence-electron chi connectivity index (χ3n) is 3.51. The summed E-state index contributed by atoms with van der Waals surface area (Å²) in [6.07, 6.45) is 22.4. The fourth-order valence-electron chi connectivity index (χ4n) is 2.06. The zero-order chi connectivity index (χ0) is 15.9. The summed E-state index contributed by atoms with van der Waals surface area (Å²) in [4.78, 5) is 0. The maximum absolute atomic E-state index is 5.18. The van der Waals surface area contributed by atoms with Gasteiger partial charge in [0.25, 0.3) is 0 Å². The minimum Gasteiger partial charge on any atom is -0.432 e. The van der Waals surface area contributed by atoms with Gasteiger partial charge in [-0.2, -0.15) is 0 Å². The lowest BCUT2D eigenvalue weighted by atomic mass is 9.97. The molecule has 0 radical (unpaired) electrons. The van der Waals surface area contributed by atoms with Crippen LogP contribution in [-0.4, -0.2) is 8.80 Å². The largest absolute Gasteiger partial charge is 0.725 e. The minimum atomic E-state index is -3.24. The van der Waals surface area contributed by atoms with E-state index in [1.807, 2.05) is 0 Å². The fourth-order valence-corrected chi connectivity index (χ4v) is 3.60. The summed E-state index contributed by atoms with van der Waals surface area (Å²) >= 11 is 0. The molecule has 1 rings (SSSR count). The van der Waals surface area contributed by atoms with Crippen LogP contribution < -0.4 is 0 Å². The molecule has 1 aromatic rings. The first kappa shape index (κ1) is 16.6. The van der Waals surface area contributed by atoms with Gasteiger partial charge in [-0.3, -0.25) is 0 Å². The number of aryl methyl sites for hydroxylation is 2.